The molecule has 0 saturated carbocycles. The predicted octanol–water partition coefficient (Wildman–Crippen LogP) is 14.8. The molecule has 68 heavy (non-hydrogen) atoms. The molecule has 2 aromatic heterocycles. The van der Waals surface area contributed by atoms with Crippen LogP contribution >= 0.6 is 0 Å². The number of aromatic nitrogens is 2. The van der Waals surface area contributed by atoms with Crippen LogP contribution in [0.15, 0.2) is 182 Å². The van der Waals surface area contributed by atoms with Crippen molar-refractivity contribution in [3.8, 4) is 22.5 Å². The van der Waals surface area contributed by atoms with Crippen LogP contribution in [0.2, 0.25) is 0 Å². The Bertz CT molecular complexity index is 3880. The highest BCUT2D eigenvalue weighted by molar-refractivity contribution is 7.00. The van der Waals surface area contributed by atoms with Crippen LogP contribution in [0.1, 0.15) is 58.2 Å². The van der Waals surface area contributed by atoms with Crippen LogP contribution in [0.25, 0.3) is 66.1 Å². The van der Waals surface area contributed by atoms with Crippen molar-refractivity contribution >= 4 is 101 Å². The molecule has 0 radical (unpaired) electrons. The molecular weight excluding hydrogens is 824 g/mol. The molecule has 0 N–H and O–H groups in total. The molecule has 14 rings (SSSR count). The minimum absolute atomic E-state index is 0.000102. The molecule has 0 saturated heterocycles. The van der Waals surface area contributed by atoms with Gasteiger partial charge >= 0.3 is 0 Å². The lowest BCUT2D eigenvalue weighted by Crippen LogP contribution is -2.61. The summed E-state index contributed by atoms with van der Waals surface area (Å²) in [5.41, 5.74) is 25.0. The zero-order valence-corrected chi connectivity index (χ0v) is 39.7. The van der Waals surface area contributed by atoms with Gasteiger partial charge in [-0.15, -0.1) is 0 Å². The molecule has 5 heterocycles. The molecule has 9 aromatic carbocycles. The highest BCUT2D eigenvalue weighted by Crippen LogP contribution is 2.52. The standard InChI is InChI=1S/C63H51BN4/c1-38-33-57-59-58(34-38)68-54-21-13-18-46-45-17-11-12-20-51(45)67(60(46)54)55-22-14-19-50(61(55)68)64(59)49-30-29-44(37-56(49)65(57)43-27-23-40(24-28-43)39-15-9-8-10-16-39)66-52-31-25-41(62(2,3)4)35-47(52)48-36-42(63(5,6)7)26-32-53(48)66/h8-37H,1-7H3. The third kappa shape index (κ3) is 5.39. The quantitative estimate of drug-likeness (QED) is 0.164. The molecular formula is C63H51BN4. The smallest absolute Gasteiger partial charge is 0.252 e. The number of aryl methyl sites for hydroxylation is 1. The Balaban J connectivity index is 1.06. The topological polar surface area (TPSA) is 16.3 Å². The van der Waals surface area contributed by atoms with E-state index in [9.17, 15) is 0 Å². The van der Waals surface area contributed by atoms with Gasteiger partial charge in [0.1, 0.15) is 0 Å². The molecule has 0 aliphatic carbocycles. The van der Waals surface area contributed by atoms with Crippen molar-refractivity contribution in [1.29, 1.82) is 0 Å². The Morgan fingerprint density at radius 3 is 1.68 bits per heavy atom. The largest absolute Gasteiger partial charge is 0.311 e. The maximum absolute atomic E-state index is 2.60. The van der Waals surface area contributed by atoms with Crippen LogP contribution in [0.3, 0.4) is 0 Å². The summed E-state index contributed by atoms with van der Waals surface area (Å²) < 4.78 is 5.05. The second-order valence-corrected chi connectivity index (χ2v) is 21.5. The Morgan fingerprint density at radius 1 is 0.382 bits per heavy atom. The van der Waals surface area contributed by atoms with Crippen LogP contribution in [-0.4, -0.2) is 15.8 Å². The maximum Gasteiger partial charge on any atom is 0.252 e. The van der Waals surface area contributed by atoms with E-state index in [1.807, 2.05) is 0 Å². The molecule has 326 valence electrons. The van der Waals surface area contributed by atoms with Gasteiger partial charge in [-0.1, -0.05) is 145 Å². The van der Waals surface area contributed by atoms with E-state index in [4.69, 9.17) is 0 Å². The number of para-hydroxylation sites is 3. The molecule has 0 atom stereocenters. The number of fused-ring (bicyclic) bond motifs is 12. The first-order valence-corrected chi connectivity index (χ1v) is 24.2. The van der Waals surface area contributed by atoms with Crippen molar-refractivity contribution < 1.29 is 0 Å². The van der Waals surface area contributed by atoms with Crippen LogP contribution in [0, 0.1) is 6.92 Å². The second-order valence-electron chi connectivity index (χ2n) is 21.5. The van der Waals surface area contributed by atoms with E-state index in [-0.39, 0.29) is 17.5 Å². The van der Waals surface area contributed by atoms with Gasteiger partial charge in [-0.2, -0.15) is 0 Å². The summed E-state index contributed by atoms with van der Waals surface area (Å²) in [5, 5.41) is 5.16. The fraction of sp³-hybridized carbons (Fsp3) is 0.143. The monoisotopic (exact) mass is 874 g/mol. The van der Waals surface area contributed by atoms with E-state index in [1.54, 1.807) is 0 Å². The zero-order chi connectivity index (χ0) is 46.0. The van der Waals surface area contributed by atoms with Crippen LogP contribution in [0.4, 0.5) is 34.1 Å². The van der Waals surface area contributed by atoms with Gasteiger partial charge in [0.25, 0.3) is 6.71 Å². The lowest BCUT2D eigenvalue weighted by molar-refractivity contribution is 0.590. The van der Waals surface area contributed by atoms with Gasteiger partial charge in [0.2, 0.25) is 0 Å². The van der Waals surface area contributed by atoms with Crippen molar-refractivity contribution in [1.82, 2.24) is 9.13 Å². The second kappa shape index (κ2) is 13.7. The first-order chi connectivity index (χ1) is 32.9. The van der Waals surface area contributed by atoms with E-state index in [0.29, 0.717) is 0 Å². The Labute approximate surface area is 398 Å². The molecule has 0 bridgehead atoms. The normalized spacial score (nSPS) is 13.7. The van der Waals surface area contributed by atoms with E-state index >= 15 is 0 Å². The molecule has 3 aliphatic heterocycles. The fourth-order valence-corrected chi connectivity index (χ4v) is 12.1. The Kier molecular flexibility index (Phi) is 7.92. The first-order valence-electron chi connectivity index (χ1n) is 24.2. The third-order valence-corrected chi connectivity index (χ3v) is 15.3. The van der Waals surface area contributed by atoms with Crippen LogP contribution in [-0.2, 0) is 10.8 Å². The van der Waals surface area contributed by atoms with E-state index in [1.165, 1.54) is 122 Å². The first kappa shape index (κ1) is 39.4. The van der Waals surface area contributed by atoms with Crippen LogP contribution in [0.5, 0.6) is 0 Å². The summed E-state index contributed by atoms with van der Waals surface area (Å²) in [6.45, 7) is 16.2. The Morgan fingerprint density at radius 2 is 0.971 bits per heavy atom. The number of hydrogen-bond acceptors (Lipinski definition) is 2. The summed E-state index contributed by atoms with van der Waals surface area (Å²) in [6.07, 6.45) is 0. The van der Waals surface area contributed by atoms with Gasteiger partial charge in [0, 0.05) is 50.0 Å². The summed E-state index contributed by atoms with van der Waals surface area (Å²) in [5.74, 6) is 0. The summed E-state index contributed by atoms with van der Waals surface area (Å²) in [6, 6.07) is 69.3. The van der Waals surface area contributed by atoms with Gasteiger partial charge in [-0.25, -0.2) is 0 Å². The van der Waals surface area contributed by atoms with E-state index in [2.05, 4.69) is 249 Å². The van der Waals surface area contributed by atoms with Gasteiger partial charge in [-0.05, 0) is 141 Å². The van der Waals surface area contributed by atoms with Crippen molar-refractivity contribution in [2.24, 2.45) is 0 Å². The van der Waals surface area contributed by atoms with Gasteiger partial charge in [0.15, 0.2) is 0 Å². The lowest BCUT2D eigenvalue weighted by Gasteiger charge is -2.46. The molecule has 0 fully saturated rings. The van der Waals surface area contributed by atoms with Crippen molar-refractivity contribution in [2.45, 2.75) is 59.3 Å². The minimum Gasteiger partial charge on any atom is -0.311 e. The van der Waals surface area contributed by atoms with E-state index < -0.39 is 0 Å². The maximum atomic E-state index is 2.60. The number of hydrogen-bond donors (Lipinski definition) is 0. The number of nitrogens with zero attached hydrogens (tertiary/aromatic N) is 4. The van der Waals surface area contributed by atoms with Gasteiger partial charge in [-0.3, -0.25) is 0 Å². The summed E-state index contributed by atoms with van der Waals surface area (Å²) in [4.78, 5) is 5.16. The highest BCUT2D eigenvalue weighted by atomic mass is 15.2. The van der Waals surface area contributed by atoms with Crippen LogP contribution < -0.4 is 26.2 Å². The molecule has 11 aromatic rings. The SMILES string of the molecule is Cc1cc2c3c(c1)N1c4c(cccc4-n4c5ccccc5c5cccc1c54)B3c1ccc(-n3c4ccc(C(C)(C)C)cc4c4cc(C(C)(C)C)ccc43)cc1N2c1ccc(-c2ccccc2)cc1. The molecule has 4 nitrogen and oxygen atoms in total. The molecule has 0 unspecified atom stereocenters. The number of rotatable bonds is 3. The number of anilines is 6. The van der Waals surface area contributed by atoms with E-state index in [0.717, 1.165) is 11.4 Å². The molecule has 3 aliphatic rings. The fourth-order valence-electron chi connectivity index (χ4n) is 12.1. The van der Waals surface area contributed by atoms with Crippen molar-refractivity contribution in [2.75, 3.05) is 9.80 Å². The highest BCUT2D eigenvalue weighted by Gasteiger charge is 2.46. The van der Waals surface area contributed by atoms with Gasteiger partial charge < -0.3 is 18.9 Å². The molecule has 5 heteroatoms. The molecule has 0 amide bonds. The minimum atomic E-state index is 0.000102. The van der Waals surface area contributed by atoms with Crippen molar-refractivity contribution in [3.05, 3.63) is 199 Å². The average Bonchev–Trinajstić information content (AvgIpc) is 3.86. The predicted molar refractivity (Wildman–Crippen MR) is 290 cm³/mol. The van der Waals surface area contributed by atoms with Gasteiger partial charge in [0.05, 0.1) is 39.1 Å². The lowest BCUT2D eigenvalue weighted by atomic mass is 9.33. The zero-order valence-electron chi connectivity index (χ0n) is 39.7. The molecule has 0 spiro atoms. The average molecular weight is 875 g/mol. The third-order valence-electron chi connectivity index (χ3n) is 15.3. The summed E-state index contributed by atoms with van der Waals surface area (Å²) >= 11 is 0. The summed E-state index contributed by atoms with van der Waals surface area (Å²) in [7, 11) is 0. The Hall–Kier alpha value is -7.76. The number of benzene rings is 9. The van der Waals surface area contributed by atoms with Crippen molar-refractivity contribution in [3.63, 3.8) is 0 Å².